The number of fused-ring (bicyclic) bond motifs is 1. The van der Waals surface area contributed by atoms with Crippen LogP contribution in [-0.2, 0) is 4.79 Å². The van der Waals surface area contributed by atoms with Gasteiger partial charge in [-0.1, -0.05) is 54.6 Å². The van der Waals surface area contributed by atoms with E-state index < -0.39 is 17.6 Å². The van der Waals surface area contributed by atoms with Crippen molar-refractivity contribution in [2.24, 2.45) is 0 Å². The molecule has 0 saturated heterocycles. The summed E-state index contributed by atoms with van der Waals surface area (Å²) in [6, 6.07) is 22.1. The van der Waals surface area contributed by atoms with Gasteiger partial charge in [-0.3, -0.25) is 9.59 Å². The van der Waals surface area contributed by atoms with Crippen LogP contribution in [0, 0.1) is 5.82 Å². The lowest BCUT2D eigenvalue weighted by Crippen LogP contribution is -2.16. The molecule has 0 radical (unpaired) electrons. The fourth-order valence-electron chi connectivity index (χ4n) is 2.97. The Morgan fingerprint density at radius 3 is 2.33 bits per heavy atom. The van der Waals surface area contributed by atoms with Crippen LogP contribution in [0.25, 0.3) is 17.0 Å². The maximum Gasteiger partial charge on any atom is 0.293 e. The third-order valence-electron chi connectivity index (χ3n) is 4.40. The van der Waals surface area contributed by atoms with Crippen molar-refractivity contribution in [2.75, 3.05) is 10.6 Å². The van der Waals surface area contributed by atoms with E-state index in [9.17, 15) is 14.0 Å². The molecule has 0 fully saturated rings. The number of carbonyl (C=O) groups is 2. The van der Waals surface area contributed by atoms with Crippen LogP contribution in [-0.4, -0.2) is 11.8 Å². The lowest BCUT2D eigenvalue weighted by molar-refractivity contribution is -0.111. The zero-order chi connectivity index (χ0) is 20.9. The second-order valence-corrected chi connectivity index (χ2v) is 6.47. The first-order chi connectivity index (χ1) is 14.6. The Kier molecular flexibility index (Phi) is 5.39. The van der Waals surface area contributed by atoms with Gasteiger partial charge in [-0.2, -0.15) is 0 Å². The fourth-order valence-corrected chi connectivity index (χ4v) is 2.97. The van der Waals surface area contributed by atoms with Crippen LogP contribution in [0.15, 0.2) is 89.4 Å². The van der Waals surface area contributed by atoms with Crippen molar-refractivity contribution in [1.29, 1.82) is 0 Å². The highest BCUT2D eigenvalue weighted by Crippen LogP contribution is 2.31. The van der Waals surface area contributed by atoms with Gasteiger partial charge in [-0.05, 0) is 35.9 Å². The molecule has 4 rings (SSSR count). The summed E-state index contributed by atoms with van der Waals surface area (Å²) in [5.74, 6) is -1.77. The molecule has 0 spiro atoms. The van der Waals surface area contributed by atoms with Crippen LogP contribution < -0.4 is 10.6 Å². The van der Waals surface area contributed by atoms with Gasteiger partial charge in [0.05, 0.1) is 5.69 Å². The monoisotopic (exact) mass is 400 g/mol. The van der Waals surface area contributed by atoms with Gasteiger partial charge in [0.15, 0.2) is 0 Å². The number of anilines is 2. The largest absolute Gasteiger partial charge is 0.449 e. The van der Waals surface area contributed by atoms with Gasteiger partial charge in [0.2, 0.25) is 11.7 Å². The van der Waals surface area contributed by atoms with Crippen LogP contribution in [0.3, 0.4) is 0 Å². The van der Waals surface area contributed by atoms with Crippen molar-refractivity contribution in [3.05, 3.63) is 102 Å². The Balaban J connectivity index is 1.63. The van der Waals surface area contributed by atoms with Gasteiger partial charge < -0.3 is 15.1 Å². The standard InChI is InChI=1S/C24H17FN2O3/c25-18-11-5-6-12-19(18)26-24(29)23-22(17-10-4-7-13-20(17)30-23)27-21(28)15-14-16-8-2-1-3-9-16/h1-15H,(H,26,29)(H,27,28)/b15-14-. The summed E-state index contributed by atoms with van der Waals surface area (Å²) < 4.78 is 19.6. The Morgan fingerprint density at radius 1 is 0.833 bits per heavy atom. The summed E-state index contributed by atoms with van der Waals surface area (Å²) in [6.07, 6.45) is 3.03. The molecule has 1 heterocycles. The predicted octanol–water partition coefficient (Wildman–Crippen LogP) is 5.48. The third-order valence-corrected chi connectivity index (χ3v) is 4.40. The molecule has 0 aliphatic heterocycles. The van der Waals surface area contributed by atoms with E-state index in [4.69, 9.17) is 4.42 Å². The molecule has 148 valence electrons. The number of halogens is 1. The second kappa shape index (κ2) is 8.45. The molecule has 0 aliphatic carbocycles. The maximum absolute atomic E-state index is 13.9. The molecule has 0 saturated carbocycles. The van der Waals surface area contributed by atoms with Gasteiger partial charge in [-0.15, -0.1) is 0 Å². The van der Waals surface area contributed by atoms with Crippen molar-refractivity contribution in [2.45, 2.75) is 0 Å². The molecule has 0 atom stereocenters. The topological polar surface area (TPSA) is 71.3 Å². The molecule has 30 heavy (non-hydrogen) atoms. The van der Waals surface area contributed by atoms with Gasteiger partial charge >= 0.3 is 0 Å². The molecule has 3 aromatic carbocycles. The van der Waals surface area contributed by atoms with E-state index in [0.717, 1.165) is 5.56 Å². The predicted molar refractivity (Wildman–Crippen MR) is 115 cm³/mol. The average Bonchev–Trinajstić information content (AvgIpc) is 3.13. The SMILES string of the molecule is O=C(/C=C\c1ccccc1)Nc1c(C(=O)Nc2ccccc2F)oc2ccccc12. The molecule has 1 aromatic heterocycles. The minimum absolute atomic E-state index is 0.0178. The number of carbonyl (C=O) groups excluding carboxylic acids is 2. The number of rotatable bonds is 5. The number of para-hydroxylation sites is 2. The second-order valence-electron chi connectivity index (χ2n) is 6.47. The molecular formula is C24H17FN2O3. The van der Waals surface area contributed by atoms with Crippen LogP contribution in [0.5, 0.6) is 0 Å². The van der Waals surface area contributed by atoms with Gasteiger partial charge in [0, 0.05) is 11.5 Å². The van der Waals surface area contributed by atoms with E-state index in [0.29, 0.717) is 11.0 Å². The summed E-state index contributed by atoms with van der Waals surface area (Å²) in [5, 5.41) is 5.76. The third kappa shape index (κ3) is 4.12. The number of nitrogens with one attached hydrogen (secondary N) is 2. The van der Waals surface area contributed by atoms with E-state index in [-0.39, 0.29) is 17.1 Å². The lowest BCUT2D eigenvalue weighted by Gasteiger charge is -2.07. The summed E-state index contributed by atoms with van der Waals surface area (Å²) in [6.45, 7) is 0. The van der Waals surface area contributed by atoms with E-state index in [1.807, 2.05) is 30.3 Å². The number of hydrogen-bond donors (Lipinski definition) is 2. The first-order valence-electron chi connectivity index (χ1n) is 9.23. The number of amides is 2. The first-order valence-corrected chi connectivity index (χ1v) is 9.23. The lowest BCUT2D eigenvalue weighted by atomic mass is 10.2. The Morgan fingerprint density at radius 2 is 1.53 bits per heavy atom. The summed E-state index contributed by atoms with van der Waals surface area (Å²) in [7, 11) is 0. The van der Waals surface area contributed by atoms with Crippen LogP contribution in [0.4, 0.5) is 15.8 Å². The van der Waals surface area contributed by atoms with Gasteiger partial charge in [0.25, 0.3) is 5.91 Å². The van der Waals surface area contributed by atoms with Crippen LogP contribution in [0.2, 0.25) is 0 Å². The highest BCUT2D eigenvalue weighted by molar-refractivity contribution is 6.16. The molecule has 0 bridgehead atoms. The van der Waals surface area contributed by atoms with E-state index >= 15 is 0 Å². The van der Waals surface area contributed by atoms with Crippen LogP contribution >= 0.6 is 0 Å². The van der Waals surface area contributed by atoms with E-state index in [2.05, 4.69) is 10.6 Å². The summed E-state index contributed by atoms with van der Waals surface area (Å²) in [4.78, 5) is 25.3. The molecule has 2 amide bonds. The molecule has 5 nitrogen and oxygen atoms in total. The fraction of sp³-hybridized carbons (Fsp3) is 0. The van der Waals surface area contributed by atoms with Gasteiger partial charge in [0.1, 0.15) is 17.1 Å². The van der Waals surface area contributed by atoms with Crippen molar-refractivity contribution in [3.63, 3.8) is 0 Å². The molecule has 4 aromatic rings. The highest BCUT2D eigenvalue weighted by Gasteiger charge is 2.22. The molecular weight excluding hydrogens is 383 g/mol. The Hall–Kier alpha value is -4.19. The van der Waals surface area contributed by atoms with E-state index in [1.165, 1.54) is 24.3 Å². The number of furan rings is 1. The minimum atomic E-state index is -0.668. The quantitative estimate of drug-likeness (QED) is 0.436. The molecule has 2 N–H and O–H groups in total. The molecule has 0 unspecified atom stereocenters. The van der Waals surface area contributed by atoms with E-state index in [1.54, 1.807) is 36.4 Å². The van der Waals surface area contributed by atoms with Crippen molar-refractivity contribution in [3.8, 4) is 0 Å². The smallest absolute Gasteiger partial charge is 0.293 e. The maximum atomic E-state index is 13.9. The van der Waals surface area contributed by atoms with Crippen molar-refractivity contribution >= 4 is 40.2 Å². The molecule has 6 heteroatoms. The molecule has 0 aliphatic rings. The summed E-state index contributed by atoms with van der Waals surface area (Å²) in [5.41, 5.74) is 1.53. The Bertz CT molecular complexity index is 1250. The van der Waals surface area contributed by atoms with Gasteiger partial charge in [-0.25, -0.2) is 4.39 Å². The minimum Gasteiger partial charge on any atom is -0.449 e. The highest BCUT2D eigenvalue weighted by atomic mass is 19.1. The van der Waals surface area contributed by atoms with Crippen molar-refractivity contribution < 1.29 is 18.4 Å². The number of benzene rings is 3. The summed E-state index contributed by atoms with van der Waals surface area (Å²) >= 11 is 0. The first kappa shape index (κ1) is 19.1. The zero-order valence-electron chi connectivity index (χ0n) is 15.8. The van der Waals surface area contributed by atoms with Crippen LogP contribution in [0.1, 0.15) is 16.1 Å². The normalized spacial score (nSPS) is 11.0. The Labute approximate surface area is 171 Å². The van der Waals surface area contributed by atoms with Crippen molar-refractivity contribution in [1.82, 2.24) is 0 Å². The number of hydrogen-bond acceptors (Lipinski definition) is 3. The zero-order valence-corrected chi connectivity index (χ0v) is 15.8. The average molecular weight is 400 g/mol.